The summed E-state index contributed by atoms with van der Waals surface area (Å²) in [5.41, 5.74) is 1.63. The van der Waals surface area contributed by atoms with Crippen LogP contribution in [-0.2, 0) is 22.6 Å². The molecule has 0 fully saturated rings. The van der Waals surface area contributed by atoms with Crippen LogP contribution in [0, 0.1) is 0 Å². The van der Waals surface area contributed by atoms with Crippen LogP contribution >= 0.6 is 0 Å². The zero-order chi connectivity index (χ0) is 22.2. The molecule has 1 heterocycles. The van der Waals surface area contributed by atoms with Crippen molar-refractivity contribution in [2.45, 2.75) is 45.8 Å². The fourth-order valence-electron chi connectivity index (χ4n) is 3.17. The Kier molecular flexibility index (Phi) is 7.43. The van der Waals surface area contributed by atoms with Gasteiger partial charge in [0, 0.05) is 17.5 Å². The number of esters is 1. The molecule has 0 spiro atoms. The highest BCUT2D eigenvalue weighted by molar-refractivity contribution is 5.85. The van der Waals surface area contributed by atoms with Gasteiger partial charge in [0.15, 0.2) is 0 Å². The van der Waals surface area contributed by atoms with Crippen molar-refractivity contribution >= 4 is 23.0 Å². The Morgan fingerprint density at radius 3 is 2.55 bits per heavy atom. The van der Waals surface area contributed by atoms with Crippen molar-refractivity contribution in [1.82, 2.24) is 5.32 Å². The van der Waals surface area contributed by atoms with E-state index in [4.69, 9.17) is 13.9 Å². The van der Waals surface area contributed by atoms with E-state index < -0.39 is 23.7 Å². The summed E-state index contributed by atoms with van der Waals surface area (Å²) in [4.78, 5) is 36.4. The van der Waals surface area contributed by atoms with Gasteiger partial charge in [-0.1, -0.05) is 50.6 Å². The summed E-state index contributed by atoms with van der Waals surface area (Å²) in [6, 6.07) is 14.7. The van der Waals surface area contributed by atoms with Gasteiger partial charge < -0.3 is 19.2 Å². The van der Waals surface area contributed by atoms with Crippen molar-refractivity contribution in [3.63, 3.8) is 0 Å². The first-order valence-electron chi connectivity index (χ1n) is 10.3. The fraction of sp³-hybridized carbons (Fsp3) is 0.292. The highest BCUT2D eigenvalue weighted by Gasteiger charge is 2.22. The maximum atomic E-state index is 12.5. The number of benzene rings is 2. The SMILES string of the molecule is CCCc1cc(=O)oc2cc(OC(=O)C(CC)NC(=O)OCc3ccccc3)ccc12. The molecule has 0 radical (unpaired) electrons. The first-order valence-corrected chi connectivity index (χ1v) is 10.3. The van der Waals surface area contributed by atoms with Crippen molar-refractivity contribution < 1.29 is 23.5 Å². The minimum absolute atomic E-state index is 0.0992. The molecule has 3 rings (SSSR count). The Morgan fingerprint density at radius 1 is 1.06 bits per heavy atom. The molecule has 3 aromatic rings. The van der Waals surface area contributed by atoms with E-state index in [2.05, 4.69) is 5.32 Å². The summed E-state index contributed by atoms with van der Waals surface area (Å²) in [6.45, 7) is 3.88. The van der Waals surface area contributed by atoms with Crippen molar-refractivity contribution in [2.75, 3.05) is 0 Å². The number of rotatable bonds is 8. The quantitative estimate of drug-likeness (QED) is 0.329. The second kappa shape index (κ2) is 10.4. The van der Waals surface area contributed by atoms with E-state index in [0.29, 0.717) is 12.0 Å². The number of hydrogen-bond acceptors (Lipinski definition) is 6. The highest BCUT2D eigenvalue weighted by atomic mass is 16.6. The van der Waals surface area contributed by atoms with Crippen LogP contribution in [0.4, 0.5) is 4.79 Å². The molecule has 0 saturated carbocycles. The number of carbonyl (C=O) groups excluding carboxylic acids is 2. The molecule has 162 valence electrons. The first-order chi connectivity index (χ1) is 15.0. The lowest BCUT2D eigenvalue weighted by molar-refractivity contribution is -0.136. The van der Waals surface area contributed by atoms with Gasteiger partial charge in [0.1, 0.15) is 24.0 Å². The Bertz CT molecular complexity index is 1110. The van der Waals surface area contributed by atoms with E-state index in [1.165, 1.54) is 12.1 Å². The van der Waals surface area contributed by atoms with Crippen molar-refractivity contribution in [1.29, 1.82) is 0 Å². The van der Waals surface area contributed by atoms with Gasteiger partial charge in [-0.05, 0) is 36.1 Å². The number of fused-ring (bicyclic) bond motifs is 1. The number of hydrogen-bond donors (Lipinski definition) is 1. The average molecular weight is 423 g/mol. The summed E-state index contributed by atoms with van der Waals surface area (Å²) in [7, 11) is 0. The third kappa shape index (κ3) is 5.94. The molecule has 7 nitrogen and oxygen atoms in total. The third-order valence-corrected chi connectivity index (χ3v) is 4.74. The number of aryl methyl sites for hydroxylation is 1. The predicted octanol–water partition coefficient (Wildman–Crippen LogP) is 4.36. The van der Waals surface area contributed by atoms with Crippen LogP contribution in [-0.4, -0.2) is 18.1 Å². The molecule has 0 aliphatic rings. The molecule has 0 saturated heterocycles. The lowest BCUT2D eigenvalue weighted by Crippen LogP contribution is -2.42. The maximum Gasteiger partial charge on any atom is 0.408 e. The number of ether oxygens (including phenoxy) is 2. The van der Waals surface area contributed by atoms with Crippen molar-refractivity contribution in [3.05, 3.63) is 76.1 Å². The Hall–Kier alpha value is -3.61. The van der Waals surface area contributed by atoms with Crippen molar-refractivity contribution in [2.24, 2.45) is 0 Å². The zero-order valence-electron chi connectivity index (χ0n) is 17.6. The largest absolute Gasteiger partial charge is 0.445 e. The van der Waals surface area contributed by atoms with Gasteiger partial charge >= 0.3 is 17.7 Å². The van der Waals surface area contributed by atoms with E-state index in [-0.39, 0.29) is 12.4 Å². The number of nitrogens with one attached hydrogen (secondary N) is 1. The second-order valence-corrected chi connectivity index (χ2v) is 7.09. The molecule has 0 bridgehead atoms. The molecule has 1 aromatic heterocycles. The number of alkyl carbamates (subject to hydrolysis) is 1. The van der Waals surface area contributed by atoms with E-state index in [0.717, 1.165) is 29.4 Å². The van der Waals surface area contributed by atoms with Crippen LogP contribution < -0.4 is 15.7 Å². The molecular formula is C24H25NO6. The summed E-state index contributed by atoms with van der Waals surface area (Å²) in [5, 5.41) is 3.32. The van der Waals surface area contributed by atoms with Crippen LogP contribution in [0.3, 0.4) is 0 Å². The fourth-order valence-corrected chi connectivity index (χ4v) is 3.17. The monoisotopic (exact) mass is 423 g/mol. The average Bonchev–Trinajstić information content (AvgIpc) is 2.76. The Labute approximate surface area is 180 Å². The maximum absolute atomic E-state index is 12.5. The normalized spacial score (nSPS) is 11.7. The molecule has 31 heavy (non-hydrogen) atoms. The standard InChI is InChI=1S/C24H25NO6/c1-3-8-17-13-22(26)31-21-14-18(11-12-19(17)21)30-23(27)20(4-2)25-24(28)29-15-16-9-6-5-7-10-16/h5-7,9-14,20H,3-4,8,15H2,1-2H3,(H,25,28). The van der Waals surface area contributed by atoms with Gasteiger partial charge in [-0.25, -0.2) is 14.4 Å². The molecule has 0 aliphatic carbocycles. The molecule has 0 aliphatic heterocycles. The highest BCUT2D eigenvalue weighted by Crippen LogP contribution is 2.24. The van der Waals surface area contributed by atoms with E-state index >= 15 is 0 Å². The summed E-state index contributed by atoms with van der Waals surface area (Å²) >= 11 is 0. The van der Waals surface area contributed by atoms with Gasteiger partial charge in [-0.3, -0.25) is 0 Å². The minimum atomic E-state index is -0.877. The summed E-state index contributed by atoms with van der Waals surface area (Å²) < 4.78 is 15.8. The van der Waals surface area contributed by atoms with Gasteiger partial charge in [-0.15, -0.1) is 0 Å². The van der Waals surface area contributed by atoms with Gasteiger partial charge in [-0.2, -0.15) is 0 Å². The topological polar surface area (TPSA) is 94.8 Å². The Balaban J connectivity index is 1.65. The van der Waals surface area contributed by atoms with Crippen LogP contribution in [0.15, 0.2) is 63.8 Å². The van der Waals surface area contributed by atoms with Crippen LogP contribution in [0.5, 0.6) is 5.75 Å². The lowest BCUT2D eigenvalue weighted by atomic mass is 10.1. The van der Waals surface area contributed by atoms with Gasteiger partial charge in [0.25, 0.3) is 0 Å². The van der Waals surface area contributed by atoms with Crippen LogP contribution in [0.1, 0.15) is 37.8 Å². The molecule has 1 N–H and O–H groups in total. The lowest BCUT2D eigenvalue weighted by Gasteiger charge is -2.16. The van der Waals surface area contributed by atoms with Crippen molar-refractivity contribution in [3.8, 4) is 5.75 Å². The minimum Gasteiger partial charge on any atom is -0.445 e. The van der Waals surface area contributed by atoms with E-state index in [1.54, 1.807) is 19.1 Å². The summed E-state index contributed by atoms with van der Waals surface area (Å²) in [5.74, 6) is -0.405. The number of carbonyl (C=O) groups is 2. The molecule has 1 unspecified atom stereocenters. The van der Waals surface area contributed by atoms with E-state index in [9.17, 15) is 14.4 Å². The van der Waals surface area contributed by atoms with Crippen LogP contribution in [0.25, 0.3) is 11.0 Å². The number of amides is 1. The van der Waals surface area contributed by atoms with E-state index in [1.807, 2.05) is 37.3 Å². The summed E-state index contributed by atoms with van der Waals surface area (Å²) in [6.07, 6.45) is 1.25. The molecule has 1 amide bonds. The second-order valence-electron chi connectivity index (χ2n) is 7.09. The zero-order valence-corrected chi connectivity index (χ0v) is 17.6. The molecule has 1 atom stereocenters. The first kappa shape index (κ1) is 22.1. The van der Waals surface area contributed by atoms with Gasteiger partial charge in [0.05, 0.1) is 0 Å². The molecular weight excluding hydrogens is 398 g/mol. The van der Waals surface area contributed by atoms with Crippen LogP contribution in [0.2, 0.25) is 0 Å². The molecule has 2 aromatic carbocycles. The molecule has 7 heteroatoms. The predicted molar refractivity (Wildman–Crippen MR) is 116 cm³/mol. The Morgan fingerprint density at radius 2 is 1.84 bits per heavy atom. The van der Waals surface area contributed by atoms with Gasteiger partial charge in [0.2, 0.25) is 0 Å². The third-order valence-electron chi connectivity index (χ3n) is 4.74. The smallest absolute Gasteiger partial charge is 0.408 e.